The van der Waals surface area contributed by atoms with Crippen LogP contribution in [0.2, 0.25) is 0 Å². The van der Waals surface area contributed by atoms with Crippen LogP contribution in [0, 0.1) is 19.7 Å². The minimum Gasteiger partial charge on any atom is -0.306 e. The van der Waals surface area contributed by atoms with Crippen molar-refractivity contribution in [3.63, 3.8) is 0 Å². The first-order valence-corrected chi connectivity index (χ1v) is 5.20. The summed E-state index contributed by atoms with van der Waals surface area (Å²) in [4.78, 5) is 8.19. The predicted octanol–water partition coefficient (Wildman–Crippen LogP) is 2.19. The molecular formula is C12H13FN4. The number of aromatic nitrogens is 2. The Morgan fingerprint density at radius 2 is 1.88 bits per heavy atom. The number of aryl methyl sites for hydroxylation is 2. The fourth-order valence-electron chi connectivity index (χ4n) is 1.60. The van der Waals surface area contributed by atoms with Crippen LogP contribution < -0.4 is 11.3 Å². The molecule has 1 aromatic carbocycles. The largest absolute Gasteiger partial charge is 0.306 e. The first-order chi connectivity index (χ1) is 8.13. The lowest BCUT2D eigenvalue weighted by Crippen LogP contribution is -2.13. The standard InChI is InChI=1S/C12H13FN4/c1-7-5-3-4-6-9(7)11-15-8(2)10(13)12(16-11)17-14/h3-6H,14H2,1-2H3,(H,15,16,17). The maximum absolute atomic E-state index is 13.5. The van der Waals surface area contributed by atoms with E-state index in [9.17, 15) is 4.39 Å². The smallest absolute Gasteiger partial charge is 0.187 e. The van der Waals surface area contributed by atoms with Crippen molar-refractivity contribution in [3.8, 4) is 11.4 Å². The predicted molar refractivity (Wildman–Crippen MR) is 64.7 cm³/mol. The van der Waals surface area contributed by atoms with Crippen LogP contribution in [0.1, 0.15) is 11.3 Å². The first-order valence-electron chi connectivity index (χ1n) is 5.20. The van der Waals surface area contributed by atoms with Crippen molar-refractivity contribution in [1.29, 1.82) is 0 Å². The summed E-state index contributed by atoms with van der Waals surface area (Å²) in [5.41, 5.74) is 4.41. The Balaban J connectivity index is 2.61. The van der Waals surface area contributed by atoms with Gasteiger partial charge in [-0.1, -0.05) is 24.3 Å². The summed E-state index contributed by atoms with van der Waals surface area (Å²) >= 11 is 0. The Hall–Kier alpha value is -2.01. The third-order valence-corrected chi connectivity index (χ3v) is 2.54. The number of nitrogens with zero attached hydrogens (tertiary/aromatic N) is 2. The number of anilines is 1. The number of rotatable bonds is 2. The Morgan fingerprint density at radius 1 is 1.18 bits per heavy atom. The lowest BCUT2D eigenvalue weighted by Gasteiger charge is -2.08. The highest BCUT2D eigenvalue weighted by atomic mass is 19.1. The van der Waals surface area contributed by atoms with Crippen LogP contribution in [0.25, 0.3) is 11.4 Å². The van der Waals surface area contributed by atoms with Gasteiger partial charge in [0.05, 0.1) is 5.69 Å². The summed E-state index contributed by atoms with van der Waals surface area (Å²) < 4.78 is 13.5. The maximum atomic E-state index is 13.5. The van der Waals surface area contributed by atoms with Crippen LogP contribution >= 0.6 is 0 Å². The summed E-state index contributed by atoms with van der Waals surface area (Å²) in [6, 6.07) is 7.66. The molecule has 0 saturated carbocycles. The van der Waals surface area contributed by atoms with Gasteiger partial charge in [-0.3, -0.25) is 0 Å². The van der Waals surface area contributed by atoms with E-state index in [4.69, 9.17) is 5.84 Å². The van der Waals surface area contributed by atoms with Gasteiger partial charge in [-0.15, -0.1) is 0 Å². The summed E-state index contributed by atoms with van der Waals surface area (Å²) in [7, 11) is 0. The van der Waals surface area contributed by atoms with E-state index in [0.717, 1.165) is 11.1 Å². The zero-order valence-electron chi connectivity index (χ0n) is 9.66. The molecular weight excluding hydrogens is 219 g/mol. The van der Waals surface area contributed by atoms with Crippen molar-refractivity contribution < 1.29 is 4.39 Å². The fraction of sp³-hybridized carbons (Fsp3) is 0.167. The molecule has 1 aromatic heterocycles. The third-order valence-electron chi connectivity index (χ3n) is 2.54. The normalized spacial score (nSPS) is 10.4. The Kier molecular flexibility index (Phi) is 3.01. The van der Waals surface area contributed by atoms with Gasteiger partial charge in [-0.05, 0) is 19.4 Å². The van der Waals surface area contributed by atoms with E-state index in [2.05, 4.69) is 15.4 Å². The SMILES string of the molecule is Cc1ccccc1-c1nc(C)c(F)c(NN)n1. The number of nitrogens with two attached hydrogens (primary N) is 1. The topological polar surface area (TPSA) is 63.8 Å². The number of nitrogen functional groups attached to an aromatic ring is 1. The van der Waals surface area contributed by atoms with Gasteiger partial charge >= 0.3 is 0 Å². The van der Waals surface area contributed by atoms with E-state index < -0.39 is 5.82 Å². The minimum atomic E-state index is -0.523. The molecule has 0 saturated heterocycles. The van der Waals surface area contributed by atoms with E-state index in [-0.39, 0.29) is 11.5 Å². The maximum Gasteiger partial charge on any atom is 0.187 e. The molecule has 0 aliphatic carbocycles. The van der Waals surface area contributed by atoms with E-state index in [1.54, 1.807) is 6.92 Å². The van der Waals surface area contributed by atoms with Crippen LogP contribution in [0.5, 0.6) is 0 Å². The highest BCUT2D eigenvalue weighted by Crippen LogP contribution is 2.22. The quantitative estimate of drug-likeness (QED) is 0.615. The van der Waals surface area contributed by atoms with Crippen LogP contribution in [0.15, 0.2) is 24.3 Å². The average molecular weight is 232 g/mol. The number of benzene rings is 1. The second-order valence-corrected chi connectivity index (χ2v) is 3.75. The van der Waals surface area contributed by atoms with Gasteiger partial charge in [0, 0.05) is 5.56 Å². The number of hydrogen-bond donors (Lipinski definition) is 2. The van der Waals surface area contributed by atoms with Crippen molar-refractivity contribution >= 4 is 5.82 Å². The molecule has 0 radical (unpaired) electrons. The summed E-state index contributed by atoms with van der Waals surface area (Å²) in [6.07, 6.45) is 0. The summed E-state index contributed by atoms with van der Waals surface area (Å²) in [5.74, 6) is 5.18. The monoisotopic (exact) mass is 232 g/mol. The molecule has 0 aliphatic rings. The van der Waals surface area contributed by atoms with Gasteiger partial charge in [0.2, 0.25) is 0 Å². The Labute approximate surface area is 98.7 Å². The molecule has 0 unspecified atom stereocenters. The van der Waals surface area contributed by atoms with E-state index >= 15 is 0 Å². The molecule has 2 rings (SSSR count). The molecule has 2 aromatic rings. The van der Waals surface area contributed by atoms with Crippen molar-refractivity contribution in [1.82, 2.24) is 9.97 Å². The Morgan fingerprint density at radius 3 is 2.53 bits per heavy atom. The molecule has 5 heteroatoms. The van der Waals surface area contributed by atoms with Crippen LogP contribution in [-0.2, 0) is 0 Å². The van der Waals surface area contributed by atoms with Gasteiger partial charge in [-0.25, -0.2) is 20.2 Å². The van der Waals surface area contributed by atoms with Crippen molar-refractivity contribution in [2.75, 3.05) is 5.43 Å². The molecule has 17 heavy (non-hydrogen) atoms. The number of hydrazine groups is 1. The second kappa shape index (κ2) is 4.47. The van der Waals surface area contributed by atoms with Gasteiger partial charge in [-0.2, -0.15) is 0 Å². The highest BCUT2D eigenvalue weighted by molar-refractivity contribution is 5.61. The third kappa shape index (κ3) is 2.09. The number of halogens is 1. The van der Waals surface area contributed by atoms with Gasteiger partial charge < -0.3 is 5.43 Å². The molecule has 0 atom stereocenters. The molecule has 0 spiro atoms. The molecule has 1 heterocycles. The summed E-state index contributed by atoms with van der Waals surface area (Å²) in [5, 5.41) is 0. The fourth-order valence-corrected chi connectivity index (χ4v) is 1.60. The Bertz CT molecular complexity index is 554. The van der Waals surface area contributed by atoms with Crippen LogP contribution in [0.4, 0.5) is 10.2 Å². The van der Waals surface area contributed by atoms with Gasteiger partial charge in [0.1, 0.15) is 0 Å². The van der Waals surface area contributed by atoms with E-state index in [1.165, 1.54) is 0 Å². The van der Waals surface area contributed by atoms with Crippen LogP contribution in [0.3, 0.4) is 0 Å². The highest BCUT2D eigenvalue weighted by Gasteiger charge is 2.12. The number of hydrogen-bond acceptors (Lipinski definition) is 4. The lowest BCUT2D eigenvalue weighted by molar-refractivity contribution is 0.606. The number of nitrogens with one attached hydrogen (secondary N) is 1. The van der Waals surface area contributed by atoms with Gasteiger partial charge in [0.15, 0.2) is 17.5 Å². The average Bonchev–Trinajstić information content (AvgIpc) is 2.33. The van der Waals surface area contributed by atoms with Crippen molar-refractivity contribution in [3.05, 3.63) is 41.3 Å². The lowest BCUT2D eigenvalue weighted by atomic mass is 10.1. The second-order valence-electron chi connectivity index (χ2n) is 3.75. The van der Waals surface area contributed by atoms with E-state index in [1.807, 2.05) is 31.2 Å². The molecule has 0 amide bonds. The zero-order valence-corrected chi connectivity index (χ0v) is 9.66. The van der Waals surface area contributed by atoms with Crippen molar-refractivity contribution in [2.24, 2.45) is 5.84 Å². The molecule has 3 N–H and O–H groups in total. The molecule has 0 aliphatic heterocycles. The van der Waals surface area contributed by atoms with Crippen molar-refractivity contribution in [2.45, 2.75) is 13.8 Å². The van der Waals surface area contributed by atoms with Crippen LogP contribution in [-0.4, -0.2) is 9.97 Å². The zero-order chi connectivity index (χ0) is 12.4. The molecule has 0 fully saturated rings. The summed E-state index contributed by atoms with van der Waals surface area (Å²) in [6.45, 7) is 3.53. The van der Waals surface area contributed by atoms with Gasteiger partial charge in [0.25, 0.3) is 0 Å². The molecule has 0 bridgehead atoms. The molecule has 88 valence electrons. The molecule has 4 nitrogen and oxygen atoms in total. The first kappa shape index (κ1) is 11.5. The minimum absolute atomic E-state index is 0.00996. The van der Waals surface area contributed by atoms with E-state index in [0.29, 0.717) is 5.82 Å².